The molecule has 1 amide bonds. The van der Waals surface area contributed by atoms with Crippen molar-refractivity contribution in [2.45, 2.75) is 13.8 Å². The second-order valence-electron chi connectivity index (χ2n) is 4.60. The van der Waals surface area contributed by atoms with E-state index in [2.05, 4.69) is 15.4 Å². The van der Waals surface area contributed by atoms with Gasteiger partial charge < -0.3 is 5.32 Å². The molecule has 0 aliphatic rings. The van der Waals surface area contributed by atoms with Crippen LogP contribution < -0.4 is 5.32 Å². The van der Waals surface area contributed by atoms with Crippen LogP contribution in [0.3, 0.4) is 0 Å². The lowest BCUT2D eigenvalue weighted by Gasteiger charge is -2.06. The molecule has 106 valence electrons. The molecule has 0 bridgehead atoms. The van der Waals surface area contributed by atoms with Gasteiger partial charge in [0.05, 0.1) is 16.4 Å². The smallest absolute Gasteiger partial charge is 0.267 e. The first-order chi connectivity index (χ1) is 10.1. The van der Waals surface area contributed by atoms with Crippen molar-refractivity contribution < 1.29 is 4.79 Å². The first-order valence-corrected chi connectivity index (χ1v) is 7.30. The number of aromatic nitrogens is 3. The van der Waals surface area contributed by atoms with Crippen LogP contribution in [0.2, 0.25) is 0 Å². The molecule has 0 fully saturated rings. The molecule has 3 aromatic rings. The number of aryl methyl sites for hydroxylation is 2. The summed E-state index contributed by atoms with van der Waals surface area (Å²) in [4.78, 5) is 17.1. The molecule has 0 saturated heterocycles. The number of rotatable bonds is 3. The molecule has 1 aromatic carbocycles. The minimum Gasteiger partial charge on any atom is -0.321 e. The second-order valence-corrected chi connectivity index (χ2v) is 5.80. The summed E-state index contributed by atoms with van der Waals surface area (Å²) in [6, 6.07) is 9.40. The molecule has 0 aliphatic carbocycles. The molecule has 5 nitrogen and oxygen atoms in total. The molecule has 0 atom stereocenters. The van der Waals surface area contributed by atoms with Crippen LogP contribution in [0.5, 0.6) is 0 Å². The molecule has 0 saturated carbocycles. The minimum absolute atomic E-state index is 0.120. The van der Waals surface area contributed by atoms with Crippen molar-refractivity contribution in [1.82, 2.24) is 14.8 Å². The van der Waals surface area contributed by atoms with Gasteiger partial charge in [-0.15, -0.1) is 11.3 Å². The third-order valence-electron chi connectivity index (χ3n) is 3.00. The van der Waals surface area contributed by atoms with Crippen LogP contribution in [-0.2, 0) is 0 Å². The molecule has 0 unspecified atom stereocenters. The van der Waals surface area contributed by atoms with Crippen LogP contribution >= 0.6 is 11.3 Å². The summed E-state index contributed by atoms with van der Waals surface area (Å²) in [5.41, 5.74) is 2.47. The third-order valence-corrected chi connectivity index (χ3v) is 4.08. The lowest BCUT2D eigenvalue weighted by atomic mass is 10.2. The fourth-order valence-electron chi connectivity index (χ4n) is 2.05. The molecule has 0 aliphatic heterocycles. The second kappa shape index (κ2) is 5.49. The van der Waals surface area contributed by atoms with Crippen molar-refractivity contribution in [3.05, 3.63) is 58.3 Å². The van der Waals surface area contributed by atoms with Gasteiger partial charge in [0.2, 0.25) is 0 Å². The Morgan fingerprint density at radius 3 is 2.57 bits per heavy atom. The van der Waals surface area contributed by atoms with E-state index in [1.54, 1.807) is 10.9 Å². The molecule has 2 heterocycles. The van der Waals surface area contributed by atoms with Crippen LogP contribution in [0.1, 0.15) is 20.4 Å². The summed E-state index contributed by atoms with van der Waals surface area (Å²) in [5, 5.41) is 7.94. The topological polar surface area (TPSA) is 59.8 Å². The van der Waals surface area contributed by atoms with Crippen LogP contribution in [0.25, 0.3) is 5.69 Å². The highest BCUT2D eigenvalue weighted by Gasteiger charge is 2.13. The Labute approximate surface area is 126 Å². The first-order valence-electron chi connectivity index (χ1n) is 6.49. The van der Waals surface area contributed by atoms with Crippen LogP contribution in [0, 0.1) is 13.8 Å². The monoisotopic (exact) mass is 298 g/mol. The Morgan fingerprint density at radius 1 is 1.24 bits per heavy atom. The molecular weight excluding hydrogens is 284 g/mol. The van der Waals surface area contributed by atoms with E-state index in [0.717, 1.165) is 22.1 Å². The van der Waals surface area contributed by atoms with Crippen molar-refractivity contribution in [1.29, 1.82) is 0 Å². The first kappa shape index (κ1) is 13.5. The van der Waals surface area contributed by atoms with Gasteiger partial charge in [0.25, 0.3) is 5.91 Å². The predicted molar refractivity (Wildman–Crippen MR) is 83.1 cm³/mol. The van der Waals surface area contributed by atoms with E-state index >= 15 is 0 Å². The number of hydrogen-bond acceptors (Lipinski definition) is 4. The van der Waals surface area contributed by atoms with E-state index in [1.807, 2.05) is 50.4 Å². The number of benzene rings is 1. The highest BCUT2D eigenvalue weighted by molar-refractivity contribution is 7.13. The van der Waals surface area contributed by atoms with Crippen molar-refractivity contribution in [3.63, 3.8) is 0 Å². The maximum absolute atomic E-state index is 12.2. The summed E-state index contributed by atoms with van der Waals surface area (Å²) in [5.74, 6) is -0.120. The molecule has 6 heteroatoms. The van der Waals surface area contributed by atoms with Gasteiger partial charge in [0.1, 0.15) is 4.88 Å². The number of thiazole rings is 1. The Bertz CT molecular complexity index is 760. The van der Waals surface area contributed by atoms with Gasteiger partial charge in [-0.05, 0) is 44.2 Å². The van der Waals surface area contributed by atoms with Gasteiger partial charge in [-0.3, -0.25) is 4.79 Å². The number of carbonyl (C=O) groups excluding carboxylic acids is 1. The van der Waals surface area contributed by atoms with Crippen molar-refractivity contribution in [2.75, 3.05) is 5.32 Å². The summed E-state index contributed by atoms with van der Waals surface area (Å²) >= 11 is 1.41. The Kier molecular flexibility index (Phi) is 3.53. The zero-order valence-corrected chi connectivity index (χ0v) is 12.5. The summed E-state index contributed by atoms with van der Waals surface area (Å²) < 4.78 is 1.77. The average Bonchev–Trinajstić information content (AvgIpc) is 3.09. The van der Waals surface area contributed by atoms with Crippen molar-refractivity contribution >= 4 is 22.9 Å². The fraction of sp³-hybridized carbons (Fsp3) is 0.133. The standard InChI is InChI=1S/C15H14N4OS/c1-10-14(21-11(2)17-10)15(20)18-12-4-6-13(7-5-12)19-9-3-8-16-19/h3-9H,1-2H3,(H,18,20). The van der Waals surface area contributed by atoms with E-state index < -0.39 is 0 Å². The summed E-state index contributed by atoms with van der Waals surface area (Å²) in [6.45, 7) is 3.74. The summed E-state index contributed by atoms with van der Waals surface area (Å²) in [7, 11) is 0. The van der Waals surface area contributed by atoms with Gasteiger partial charge in [-0.1, -0.05) is 0 Å². The fourth-order valence-corrected chi connectivity index (χ4v) is 2.86. The average molecular weight is 298 g/mol. The van der Waals surface area contributed by atoms with Gasteiger partial charge in [-0.25, -0.2) is 9.67 Å². The zero-order valence-electron chi connectivity index (χ0n) is 11.7. The van der Waals surface area contributed by atoms with Crippen molar-refractivity contribution in [2.24, 2.45) is 0 Å². The van der Waals surface area contributed by atoms with Gasteiger partial charge in [0, 0.05) is 18.1 Å². The highest BCUT2D eigenvalue weighted by atomic mass is 32.1. The Morgan fingerprint density at radius 2 is 2.00 bits per heavy atom. The molecule has 1 N–H and O–H groups in total. The number of anilines is 1. The van der Waals surface area contributed by atoms with Crippen LogP contribution in [-0.4, -0.2) is 20.7 Å². The highest BCUT2D eigenvalue weighted by Crippen LogP contribution is 2.19. The number of hydrogen-bond donors (Lipinski definition) is 1. The molecule has 2 aromatic heterocycles. The van der Waals surface area contributed by atoms with Crippen molar-refractivity contribution in [3.8, 4) is 5.69 Å². The lowest BCUT2D eigenvalue weighted by Crippen LogP contribution is -2.11. The quantitative estimate of drug-likeness (QED) is 0.807. The maximum Gasteiger partial charge on any atom is 0.267 e. The molecule has 21 heavy (non-hydrogen) atoms. The van der Waals surface area contributed by atoms with Gasteiger partial charge in [0.15, 0.2) is 0 Å². The van der Waals surface area contributed by atoms with Crippen LogP contribution in [0.4, 0.5) is 5.69 Å². The maximum atomic E-state index is 12.2. The van der Waals surface area contributed by atoms with E-state index in [-0.39, 0.29) is 5.91 Å². The van der Waals surface area contributed by atoms with E-state index in [0.29, 0.717) is 4.88 Å². The molecule has 0 spiro atoms. The number of nitrogens with zero attached hydrogens (tertiary/aromatic N) is 3. The number of carbonyl (C=O) groups is 1. The predicted octanol–water partition coefficient (Wildman–Crippen LogP) is 3.20. The number of nitrogens with one attached hydrogen (secondary N) is 1. The summed E-state index contributed by atoms with van der Waals surface area (Å²) in [6.07, 6.45) is 3.60. The lowest BCUT2D eigenvalue weighted by molar-refractivity contribution is 0.103. The minimum atomic E-state index is -0.120. The van der Waals surface area contributed by atoms with E-state index in [9.17, 15) is 4.79 Å². The largest absolute Gasteiger partial charge is 0.321 e. The SMILES string of the molecule is Cc1nc(C)c(C(=O)Nc2ccc(-n3cccn3)cc2)s1. The normalized spacial score (nSPS) is 10.6. The van der Waals surface area contributed by atoms with Gasteiger partial charge >= 0.3 is 0 Å². The number of amides is 1. The van der Waals surface area contributed by atoms with Crippen LogP contribution in [0.15, 0.2) is 42.7 Å². The third kappa shape index (κ3) is 2.85. The molecule has 0 radical (unpaired) electrons. The Hall–Kier alpha value is -2.47. The molecule has 3 rings (SSSR count). The molecular formula is C15H14N4OS. The Balaban J connectivity index is 1.76. The van der Waals surface area contributed by atoms with E-state index in [1.165, 1.54) is 11.3 Å². The zero-order chi connectivity index (χ0) is 14.8. The van der Waals surface area contributed by atoms with Gasteiger partial charge in [-0.2, -0.15) is 5.10 Å². The van der Waals surface area contributed by atoms with E-state index in [4.69, 9.17) is 0 Å².